The van der Waals surface area contributed by atoms with Crippen molar-refractivity contribution >= 4 is 27.8 Å². The van der Waals surface area contributed by atoms with Crippen molar-refractivity contribution in [2.45, 2.75) is 13.3 Å². The maximum atomic E-state index is 10.7. The Bertz CT molecular complexity index is 447. The maximum absolute atomic E-state index is 10.7. The Balaban J connectivity index is 2.81. The number of carbonyl (C=O) groups is 1. The first-order valence-corrected chi connectivity index (χ1v) is 5.00. The molecule has 13 heavy (non-hydrogen) atoms. The molecule has 0 N–H and O–H groups in total. The molecule has 0 amide bonds. The van der Waals surface area contributed by atoms with Crippen LogP contribution in [0.5, 0.6) is 0 Å². The van der Waals surface area contributed by atoms with Gasteiger partial charge >= 0.3 is 0 Å². The van der Waals surface area contributed by atoms with Crippen LogP contribution in [0, 0.1) is 0 Å². The van der Waals surface area contributed by atoms with Gasteiger partial charge in [0.1, 0.15) is 4.83 Å². The monoisotopic (exact) mass is 191 g/mol. The van der Waals surface area contributed by atoms with Crippen LogP contribution in [0.25, 0.3) is 10.2 Å². The van der Waals surface area contributed by atoms with Crippen molar-refractivity contribution < 1.29 is 4.79 Å². The van der Waals surface area contributed by atoms with Crippen LogP contribution in [0.4, 0.5) is 0 Å². The van der Waals surface area contributed by atoms with Gasteiger partial charge in [0.2, 0.25) is 0 Å². The van der Waals surface area contributed by atoms with Crippen molar-refractivity contribution in [3.63, 3.8) is 0 Å². The first kappa shape index (κ1) is 8.38. The van der Waals surface area contributed by atoms with Gasteiger partial charge in [0.15, 0.2) is 6.29 Å². The van der Waals surface area contributed by atoms with Crippen LogP contribution >= 0.6 is 11.3 Å². The molecule has 0 aliphatic rings. The van der Waals surface area contributed by atoms with E-state index in [-0.39, 0.29) is 0 Å². The Hall–Kier alpha value is -1.22. The molecule has 3 heteroatoms. The zero-order valence-corrected chi connectivity index (χ0v) is 8.10. The number of carbonyl (C=O) groups excluding carboxylic acids is 1. The molecule has 0 radical (unpaired) electrons. The van der Waals surface area contributed by atoms with E-state index in [1.54, 1.807) is 6.20 Å². The minimum absolute atomic E-state index is 0.816. The Labute approximate surface area is 80.2 Å². The number of aromatic nitrogens is 1. The molecule has 0 saturated heterocycles. The summed E-state index contributed by atoms with van der Waals surface area (Å²) in [7, 11) is 0. The molecule has 0 aromatic carbocycles. The normalized spacial score (nSPS) is 10.5. The number of rotatable bonds is 2. The Morgan fingerprint density at radius 1 is 1.62 bits per heavy atom. The first-order valence-electron chi connectivity index (χ1n) is 4.18. The van der Waals surface area contributed by atoms with E-state index in [0.717, 1.165) is 33.4 Å². The summed E-state index contributed by atoms with van der Waals surface area (Å²) in [6.07, 6.45) is 3.57. The van der Waals surface area contributed by atoms with E-state index in [4.69, 9.17) is 0 Å². The summed E-state index contributed by atoms with van der Waals surface area (Å²) in [5.41, 5.74) is 1.13. The van der Waals surface area contributed by atoms with Crippen LogP contribution in [-0.2, 0) is 6.42 Å². The van der Waals surface area contributed by atoms with Crippen LogP contribution in [0.15, 0.2) is 18.3 Å². The third-order valence-corrected chi connectivity index (χ3v) is 3.14. The van der Waals surface area contributed by atoms with Gasteiger partial charge in [-0.25, -0.2) is 4.98 Å². The van der Waals surface area contributed by atoms with Crippen molar-refractivity contribution in [3.8, 4) is 0 Å². The van der Waals surface area contributed by atoms with Gasteiger partial charge in [-0.2, -0.15) is 0 Å². The van der Waals surface area contributed by atoms with E-state index >= 15 is 0 Å². The number of hydrogen-bond acceptors (Lipinski definition) is 3. The number of nitrogens with zero attached hydrogens (tertiary/aromatic N) is 1. The number of hydrogen-bond donors (Lipinski definition) is 0. The highest BCUT2D eigenvalue weighted by Crippen LogP contribution is 2.28. The molecule has 0 aliphatic heterocycles. The third kappa shape index (κ3) is 1.25. The average Bonchev–Trinajstić information content (AvgIpc) is 2.55. The molecule has 2 rings (SSSR count). The average molecular weight is 191 g/mol. The third-order valence-electron chi connectivity index (χ3n) is 2.06. The molecule has 0 fully saturated rings. The van der Waals surface area contributed by atoms with E-state index in [1.807, 2.05) is 12.1 Å². The Kier molecular flexibility index (Phi) is 2.10. The van der Waals surface area contributed by atoms with E-state index in [2.05, 4.69) is 11.9 Å². The smallest absolute Gasteiger partial charge is 0.160 e. The van der Waals surface area contributed by atoms with Gasteiger partial charge in [-0.1, -0.05) is 13.0 Å². The molecule has 2 aromatic heterocycles. The molecule has 2 nitrogen and oxygen atoms in total. The molecule has 66 valence electrons. The fourth-order valence-corrected chi connectivity index (χ4v) is 2.51. The molecular formula is C10H9NOS. The molecule has 0 atom stereocenters. The Morgan fingerprint density at radius 3 is 3.15 bits per heavy atom. The van der Waals surface area contributed by atoms with E-state index in [0.29, 0.717) is 0 Å². The molecular weight excluding hydrogens is 182 g/mol. The lowest BCUT2D eigenvalue weighted by molar-refractivity contribution is 0.112. The zero-order chi connectivity index (χ0) is 9.26. The topological polar surface area (TPSA) is 30.0 Å². The van der Waals surface area contributed by atoms with Gasteiger partial charge in [-0.3, -0.25) is 4.79 Å². The fourth-order valence-electron chi connectivity index (χ4n) is 1.46. The molecule has 0 spiro atoms. The molecule has 0 bridgehead atoms. The van der Waals surface area contributed by atoms with Crippen LogP contribution in [0.3, 0.4) is 0 Å². The number of aryl methyl sites for hydroxylation is 1. The van der Waals surface area contributed by atoms with Gasteiger partial charge in [-0.15, -0.1) is 11.3 Å². The minimum Gasteiger partial charge on any atom is -0.297 e. The van der Waals surface area contributed by atoms with Crippen LogP contribution in [0.1, 0.15) is 22.2 Å². The number of pyridine rings is 1. The first-order chi connectivity index (χ1) is 6.36. The molecule has 0 saturated carbocycles. The lowest BCUT2D eigenvalue weighted by Gasteiger charge is -1.92. The maximum Gasteiger partial charge on any atom is 0.160 e. The summed E-state index contributed by atoms with van der Waals surface area (Å²) in [6.45, 7) is 2.06. The predicted molar refractivity (Wildman–Crippen MR) is 54.4 cm³/mol. The second kappa shape index (κ2) is 3.26. The summed E-state index contributed by atoms with van der Waals surface area (Å²) in [6, 6.07) is 3.92. The van der Waals surface area contributed by atoms with Gasteiger partial charge < -0.3 is 0 Å². The van der Waals surface area contributed by atoms with Crippen LogP contribution in [-0.4, -0.2) is 11.3 Å². The minimum atomic E-state index is 0.816. The number of aldehydes is 1. The van der Waals surface area contributed by atoms with Gasteiger partial charge in [0.05, 0.1) is 4.88 Å². The molecule has 0 aliphatic carbocycles. The summed E-state index contributed by atoms with van der Waals surface area (Å²) in [5, 5.41) is 1.12. The summed E-state index contributed by atoms with van der Waals surface area (Å²) in [5.74, 6) is 0. The molecule has 2 aromatic rings. The number of fused-ring (bicyclic) bond motifs is 1. The standard InChI is InChI=1S/C10H9NOS/c1-2-7-8-4-3-5-11-10(8)13-9(7)6-12/h3-6H,2H2,1H3. The molecule has 2 heterocycles. The highest BCUT2D eigenvalue weighted by molar-refractivity contribution is 7.20. The van der Waals surface area contributed by atoms with Crippen molar-refractivity contribution in [2.75, 3.05) is 0 Å². The van der Waals surface area contributed by atoms with Crippen molar-refractivity contribution in [3.05, 3.63) is 28.8 Å². The van der Waals surface area contributed by atoms with E-state index in [1.165, 1.54) is 11.3 Å². The Morgan fingerprint density at radius 2 is 2.46 bits per heavy atom. The van der Waals surface area contributed by atoms with E-state index < -0.39 is 0 Å². The quantitative estimate of drug-likeness (QED) is 0.683. The predicted octanol–water partition coefficient (Wildman–Crippen LogP) is 2.67. The summed E-state index contributed by atoms with van der Waals surface area (Å²) >= 11 is 1.47. The van der Waals surface area contributed by atoms with Gasteiger partial charge in [-0.05, 0) is 18.1 Å². The lowest BCUT2D eigenvalue weighted by atomic mass is 10.1. The van der Waals surface area contributed by atoms with E-state index in [9.17, 15) is 4.79 Å². The summed E-state index contributed by atoms with van der Waals surface area (Å²) in [4.78, 5) is 16.7. The summed E-state index contributed by atoms with van der Waals surface area (Å²) < 4.78 is 0. The fraction of sp³-hybridized carbons (Fsp3) is 0.200. The highest BCUT2D eigenvalue weighted by Gasteiger charge is 2.09. The second-order valence-electron chi connectivity index (χ2n) is 2.77. The SMILES string of the molecule is CCc1c(C=O)sc2ncccc12. The second-order valence-corrected chi connectivity index (χ2v) is 3.80. The lowest BCUT2D eigenvalue weighted by Crippen LogP contribution is -1.82. The van der Waals surface area contributed by atoms with Gasteiger partial charge in [0.25, 0.3) is 0 Å². The highest BCUT2D eigenvalue weighted by atomic mass is 32.1. The van der Waals surface area contributed by atoms with Crippen molar-refractivity contribution in [1.29, 1.82) is 0 Å². The van der Waals surface area contributed by atoms with Gasteiger partial charge in [0, 0.05) is 11.6 Å². The van der Waals surface area contributed by atoms with Crippen molar-refractivity contribution in [1.82, 2.24) is 4.98 Å². The van der Waals surface area contributed by atoms with Crippen molar-refractivity contribution in [2.24, 2.45) is 0 Å². The van der Waals surface area contributed by atoms with Crippen LogP contribution < -0.4 is 0 Å². The largest absolute Gasteiger partial charge is 0.297 e. The van der Waals surface area contributed by atoms with Crippen LogP contribution in [0.2, 0.25) is 0 Å². The number of thiophene rings is 1. The molecule has 0 unspecified atom stereocenters. The zero-order valence-electron chi connectivity index (χ0n) is 7.28.